The molecule has 0 aliphatic carbocycles. The zero-order chi connectivity index (χ0) is 11.1. The topological polar surface area (TPSA) is 29.5 Å². The van der Waals surface area contributed by atoms with Gasteiger partial charge in [-0.1, -0.05) is 13.8 Å². The van der Waals surface area contributed by atoms with Gasteiger partial charge in [0.05, 0.1) is 7.11 Å². The van der Waals surface area contributed by atoms with Gasteiger partial charge in [-0.25, -0.2) is 4.79 Å². The van der Waals surface area contributed by atoms with Gasteiger partial charge in [-0.15, -0.1) is 0 Å². The lowest BCUT2D eigenvalue weighted by Gasteiger charge is -2.26. The van der Waals surface area contributed by atoms with Crippen molar-refractivity contribution >= 4 is 5.97 Å². The Balaban J connectivity index is 4.22. The molecule has 0 radical (unpaired) electrons. The second-order valence-corrected chi connectivity index (χ2v) is 4.02. The molecular formula is C11H21NO2. The van der Waals surface area contributed by atoms with E-state index in [-0.39, 0.29) is 5.97 Å². The molecule has 0 unspecified atom stereocenters. The highest BCUT2D eigenvalue weighted by Gasteiger charge is 2.06. The predicted octanol–water partition coefficient (Wildman–Crippen LogP) is 2.04. The summed E-state index contributed by atoms with van der Waals surface area (Å²) in [6, 6.07) is 0.401. The Bertz CT molecular complexity index is 197. The number of hydrogen-bond donors (Lipinski definition) is 0. The first-order valence-electron chi connectivity index (χ1n) is 4.99. The maximum atomic E-state index is 10.9. The van der Waals surface area contributed by atoms with E-state index in [0.29, 0.717) is 12.0 Å². The highest BCUT2D eigenvalue weighted by molar-refractivity contribution is 5.81. The third-order valence-electron chi connectivity index (χ3n) is 1.84. The average Bonchev–Trinajstić information content (AvgIpc) is 2.10. The van der Waals surface area contributed by atoms with Crippen LogP contribution in [-0.4, -0.2) is 30.6 Å². The van der Waals surface area contributed by atoms with Crippen LogP contribution in [0.15, 0.2) is 12.3 Å². The third-order valence-corrected chi connectivity index (χ3v) is 1.84. The van der Waals surface area contributed by atoms with E-state index in [1.807, 2.05) is 0 Å². The van der Waals surface area contributed by atoms with E-state index in [1.54, 1.807) is 6.20 Å². The molecule has 3 nitrogen and oxygen atoms in total. The summed E-state index contributed by atoms with van der Waals surface area (Å²) in [4.78, 5) is 13.0. The van der Waals surface area contributed by atoms with Gasteiger partial charge >= 0.3 is 5.97 Å². The van der Waals surface area contributed by atoms with E-state index in [0.717, 1.165) is 6.54 Å². The summed E-state index contributed by atoms with van der Waals surface area (Å²) in [6.07, 6.45) is 3.26. The quantitative estimate of drug-likeness (QED) is 0.501. The van der Waals surface area contributed by atoms with Gasteiger partial charge in [0.1, 0.15) is 0 Å². The van der Waals surface area contributed by atoms with Crippen molar-refractivity contribution in [2.75, 3.05) is 13.7 Å². The van der Waals surface area contributed by atoms with Gasteiger partial charge in [-0.3, -0.25) is 0 Å². The zero-order valence-electron chi connectivity index (χ0n) is 9.78. The van der Waals surface area contributed by atoms with Gasteiger partial charge in [0.15, 0.2) is 0 Å². The van der Waals surface area contributed by atoms with Crippen LogP contribution in [0.2, 0.25) is 0 Å². The van der Waals surface area contributed by atoms with E-state index in [4.69, 9.17) is 0 Å². The van der Waals surface area contributed by atoms with E-state index < -0.39 is 0 Å². The van der Waals surface area contributed by atoms with E-state index in [9.17, 15) is 4.79 Å². The summed E-state index contributed by atoms with van der Waals surface area (Å²) in [6.45, 7) is 9.46. The van der Waals surface area contributed by atoms with E-state index in [2.05, 4.69) is 37.3 Å². The molecule has 0 saturated heterocycles. The van der Waals surface area contributed by atoms with Crippen LogP contribution in [0.1, 0.15) is 27.7 Å². The molecule has 0 aromatic heterocycles. The fourth-order valence-corrected chi connectivity index (χ4v) is 1.09. The average molecular weight is 199 g/mol. The lowest BCUT2D eigenvalue weighted by Crippen LogP contribution is -2.29. The minimum atomic E-state index is -0.306. The van der Waals surface area contributed by atoms with Crippen LogP contribution in [0.25, 0.3) is 0 Å². The third kappa shape index (κ3) is 5.62. The molecule has 0 bridgehead atoms. The summed E-state index contributed by atoms with van der Waals surface area (Å²) in [7, 11) is 1.38. The smallest absolute Gasteiger partial charge is 0.331 e. The number of carbonyl (C=O) groups excluding carboxylic acids is 1. The zero-order valence-corrected chi connectivity index (χ0v) is 9.78. The molecule has 82 valence electrons. The largest absolute Gasteiger partial charge is 0.466 e. The summed E-state index contributed by atoms with van der Waals surface area (Å²) < 4.78 is 4.53. The van der Waals surface area contributed by atoms with Crippen LogP contribution in [0, 0.1) is 5.92 Å². The van der Waals surface area contributed by atoms with Gasteiger partial charge in [0.2, 0.25) is 0 Å². The summed E-state index contributed by atoms with van der Waals surface area (Å²) in [5.41, 5.74) is 0. The maximum Gasteiger partial charge on any atom is 0.331 e. The molecule has 0 atom stereocenters. The number of carbonyl (C=O) groups is 1. The molecule has 0 heterocycles. The summed E-state index contributed by atoms with van der Waals surface area (Å²) in [5.74, 6) is 0.277. The minimum Gasteiger partial charge on any atom is -0.466 e. The van der Waals surface area contributed by atoms with Crippen LogP contribution in [0.5, 0.6) is 0 Å². The molecule has 0 spiro atoms. The Morgan fingerprint density at radius 3 is 2.29 bits per heavy atom. The lowest BCUT2D eigenvalue weighted by atomic mass is 10.2. The number of ether oxygens (including phenoxy) is 1. The Morgan fingerprint density at radius 2 is 1.93 bits per heavy atom. The van der Waals surface area contributed by atoms with Crippen LogP contribution in [-0.2, 0) is 9.53 Å². The molecule has 0 aliphatic heterocycles. The van der Waals surface area contributed by atoms with Gasteiger partial charge < -0.3 is 9.64 Å². The van der Waals surface area contributed by atoms with Gasteiger partial charge in [-0.05, 0) is 19.8 Å². The van der Waals surface area contributed by atoms with Gasteiger partial charge in [0.25, 0.3) is 0 Å². The second-order valence-electron chi connectivity index (χ2n) is 4.02. The van der Waals surface area contributed by atoms with Crippen molar-refractivity contribution in [3.05, 3.63) is 12.3 Å². The first kappa shape index (κ1) is 13.0. The van der Waals surface area contributed by atoms with E-state index >= 15 is 0 Å². The van der Waals surface area contributed by atoms with Crippen molar-refractivity contribution in [2.24, 2.45) is 5.92 Å². The number of hydrogen-bond acceptors (Lipinski definition) is 3. The maximum absolute atomic E-state index is 10.9. The van der Waals surface area contributed by atoms with Crippen molar-refractivity contribution in [3.8, 4) is 0 Å². The van der Waals surface area contributed by atoms with Crippen LogP contribution in [0.4, 0.5) is 0 Å². The lowest BCUT2D eigenvalue weighted by molar-refractivity contribution is -0.134. The van der Waals surface area contributed by atoms with Crippen LogP contribution in [0.3, 0.4) is 0 Å². The molecule has 0 saturated carbocycles. The number of rotatable bonds is 5. The standard InChI is InChI=1S/C11H21NO2/c1-9(2)8-12(10(3)4)7-6-11(13)14-5/h6-7,9-10H,8H2,1-5H3. The molecule has 0 amide bonds. The van der Waals surface area contributed by atoms with Crippen LogP contribution < -0.4 is 0 Å². The van der Waals surface area contributed by atoms with Crippen LogP contribution >= 0.6 is 0 Å². The molecule has 0 aromatic rings. The van der Waals surface area contributed by atoms with Crippen molar-refractivity contribution < 1.29 is 9.53 Å². The molecule has 14 heavy (non-hydrogen) atoms. The SMILES string of the molecule is COC(=O)C=CN(CC(C)C)C(C)C. The Hall–Kier alpha value is -0.990. The molecule has 0 N–H and O–H groups in total. The molecule has 3 heteroatoms. The van der Waals surface area contributed by atoms with Crippen molar-refractivity contribution in [2.45, 2.75) is 33.7 Å². The number of nitrogens with zero attached hydrogens (tertiary/aromatic N) is 1. The fraction of sp³-hybridized carbons (Fsp3) is 0.727. The summed E-state index contributed by atoms with van der Waals surface area (Å²) in [5, 5.41) is 0. The minimum absolute atomic E-state index is 0.306. The normalized spacial score (nSPS) is 11.4. The Morgan fingerprint density at radius 1 is 1.36 bits per heavy atom. The van der Waals surface area contributed by atoms with Crippen molar-refractivity contribution in [3.63, 3.8) is 0 Å². The highest BCUT2D eigenvalue weighted by atomic mass is 16.5. The monoisotopic (exact) mass is 199 g/mol. The van der Waals surface area contributed by atoms with Crippen molar-refractivity contribution in [1.82, 2.24) is 4.90 Å². The second kappa shape index (κ2) is 6.46. The first-order chi connectivity index (χ1) is 6.47. The van der Waals surface area contributed by atoms with E-state index in [1.165, 1.54) is 13.2 Å². The molecule has 0 rings (SSSR count). The van der Waals surface area contributed by atoms with Gasteiger partial charge in [0, 0.05) is 24.9 Å². The fourth-order valence-electron chi connectivity index (χ4n) is 1.09. The number of esters is 1. The predicted molar refractivity (Wildman–Crippen MR) is 57.8 cm³/mol. The summed E-state index contributed by atoms with van der Waals surface area (Å²) >= 11 is 0. The molecule has 0 aliphatic rings. The Kier molecular flexibility index (Phi) is 6.00. The first-order valence-corrected chi connectivity index (χ1v) is 4.99. The van der Waals surface area contributed by atoms with Crippen molar-refractivity contribution in [1.29, 1.82) is 0 Å². The number of methoxy groups -OCH3 is 1. The molecular weight excluding hydrogens is 178 g/mol. The molecule has 0 aromatic carbocycles. The molecule has 0 fully saturated rings. The Labute approximate surface area is 86.7 Å². The highest BCUT2D eigenvalue weighted by Crippen LogP contribution is 2.04. The van der Waals surface area contributed by atoms with Gasteiger partial charge in [-0.2, -0.15) is 0 Å².